The number of nitrogens with one attached hydrogen (secondary N) is 1. The quantitative estimate of drug-likeness (QED) is 0.880. The number of hydrogen-bond donors (Lipinski definition) is 1. The minimum atomic E-state index is -3.61. The highest BCUT2D eigenvalue weighted by atomic mass is 32.2. The number of sulfonamides is 1. The standard InChI is InChI=1S/C13H18N4O2S2/c1-10(2)17(9-11-5-4-6-20-11)21(18,19)12-7-15-13(14-3)16-8-12/h4-8,10H,9H2,1-3H3,(H,14,15,16). The van der Waals surface area contributed by atoms with Crippen LogP contribution >= 0.6 is 11.3 Å². The molecule has 0 radical (unpaired) electrons. The largest absolute Gasteiger partial charge is 0.357 e. The van der Waals surface area contributed by atoms with Gasteiger partial charge in [-0.1, -0.05) is 6.07 Å². The van der Waals surface area contributed by atoms with Crippen molar-refractivity contribution in [3.63, 3.8) is 0 Å². The minimum absolute atomic E-state index is 0.103. The average Bonchev–Trinajstić information content (AvgIpc) is 2.97. The lowest BCUT2D eigenvalue weighted by Crippen LogP contribution is -2.36. The van der Waals surface area contributed by atoms with Crippen molar-refractivity contribution in [3.05, 3.63) is 34.8 Å². The Labute approximate surface area is 128 Å². The Morgan fingerprint density at radius 1 is 1.33 bits per heavy atom. The first-order chi connectivity index (χ1) is 9.95. The van der Waals surface area contributed by atoms with Gasteiger partial charge in [-0.25, -0.2) is 18.4 Å². The first-order valence-corrected chi connectivity index (χ1v) is 8.81. The van der Waals surface area contributed by atoms with Crippen LogP contribution in [-0.4, -0.2) is 35.8 Å². The van der Waals surface area contributed by atoms with Crippen molar-refractivity contribution in [2.24, 2.45) is 0 Å². The van der Waals surface area contributed by atoms with E-state index in [0.717, 1.165) is 4.88 Å². The van der Waals surface area contributed by atoms with E-state index in [1.54, 1.807) is 7.05 Å². The van der Waals surface area contributed by atoms with Crippen molar-refractivity contribution in [2.45, 2.75) is 31.3 Å². The van der Waals surface area contributed by atoms with Crippen LogP contribution in [0.3, 0.4) is 0 Å². The molecule has 2 rings (SSSR count). The molecule has 0 unspecified atom stereocenters. The molecule has 2 aromatic rings. The lowest BCUT2D eigenvalue weighted by molar-refractivity contribution is 0.350. The van der Waals surface area contributed by atoms with Crippen molar-refractivity contribution in [2.75, 3.05) is 12.4 Å². The zero-order chi connectivity index (χ0) is 15.5. The monoisotopic (exact) mass is 326 g/mol. The number of nitrogens with zero attached hydrogens (tertiary/aromatic N) is 3. The van der Waals surface area contributed by atoms with E-state index in [4.69, 9.17) is 0 Å². The maximum atomic E-state index is 12.7. The number of thiophene rings is 1. The number of hydrogen-bond acceptors (Lipinski definition) is 6. The molecule has 6 nitrogen and oxygen atoms in total. The molecule has 0 amide bonds. The molecule has 0 bridgehead atoms. The van der Waals surface area contributed by atoms with E-state index in [0.29, 0.717) is 12.5 Å². The number of anilines is 1. The predicted octanol–water partition coefficient (Wildman–Crippen LogP) is 2.18. The number of rotatable bonds is 6. The van der Waals surface area contributed by atoms with Crippen LogP contribution in [0.5, 0.6) is 0 Å². The smallest absolute Gasteiger partial charge is 0.246 e. The van der Waals surface area contributed by atoms with Crippen LogP contribution in [0.1, 0.15) is 18.7 Å². The molecule has 0 aliphatic heterocycles. The van der Waals surface area contributed by atoms with Crippen molar-refractivity contribution in [1.29, 1.82) is 0 Å². The second kappa shape index (κ2) is 6.50. The normalized spacial score (nSPS) is 12.0. The summed E-state index contributed by atoms with van der Waals surface area (Å²) in [7, 11) is -1.93. The molecule has 0 saturated carbocycles. The van der Waals surface area contributed by atoms with Gasteiger partial charge in [-0.3, -0.25) is 0 Å². The Hall–Kier alpha value is -1.51. The van der Waals surface area contributed by atoms with Gasteiger partial charge in [0.25, 0.3) is 0 Å². The van der Waals surface area contributed by atoms with E-state index in [2.05, 4.69) is 15.3 Å². The maximum absolute atomic E-state index is 12.7. The van der Waals surface area contributed by atoms with Crippen LogP contribution < -0.4 is 5.32 Å². The zero-order valence-corrected chi connectivity index (χ0v) is 13.8. The average molecular weight is 326 g/mol. The van der Waals surface area contributed by atoms with Crippen LogP contribution in [0.2, 0.25) is 0 Å². The Kier molecular flexibility index (Phi) is 4.92. The van der Waals surface area contributed by atoms with Gasteiger partial charge in [0, 0.05) is 24.5 Å². The maximum Gasteiger partial charge on any atom is 0.246 e. The second-order valence-corrected chi connectivity index (χ2v) is 7.64. The second-order valence-electron chi connectivity index (χ2n) is 4.72. The highest BCUT2D eigenvalue weighted by Gasteiger charge is 2.28. The van der Waals surface area contributed by atoms with Crippen LogP contribution in [0.15, 0.2) is 34.8 Å². The van der Waals surface area contributed by atoms with Crippen molar-refractivity contribution >= 4 is 27.3 Å². The summed E-state index contributed by atoms with van der Waals surface area (Å²) in [5.74, 6) is 0.392. The van der Waals surface area contributed by atoms with Crippen molar-refractivity contribution < 1.29 is 8.42 Å². The fourth-order valence-corrected chi connectivity index (χ4v) is 4.11. The van der Waals surface area contributed by atoms with Gasteiger partial charge in [0.2, 0.25) is 16.0 Å². The molecule has 21 heavy (non-hydrogen) atoms. The minimum Gasteiger partial charge on any atom is -0.357 e. The van der Waals surface area contributed by atoms with E-state index in [9.17, 15) is 8.42 Å². The van der Waals surface area contributed by atoms with Gasteiger partial charge >= 0.3 is 0 Å². The SMILES string of the molecule is CNc1ncc(S(=O)(=O)N(Cc2cccs2)C(C)C)cn1. The van der Waals surface area contributed by atoms with Gasteiger partial charge in [-0.2, -0.15) is 4.31 Å². The predicted molar refractivity (Wildman–Crippen MR) is 83.8 cm³/mol. The molecule has 0 atom stereocenters. The molecule has 8 heteroatoms. The lowest BCUT2D eigenvalue weighted by Gasteiger charge is -2.25. The Bertz CT molecular complexity index is 667. The van der Waals surface area contributed by atoms with Crippen LogP contribution in [0.4, 0.5) is 5.95 Å². The van der Waals surface area contributed by atoms with Crippen LogP contribution in [-0.2, 0) is 16.6 Å². The summed E-state index contributed by atoms with van der Waals surface area (Å²) in [6.45, 7) is 4.06. The van der Waals surface area contributed by atoms with E-state index < -0.39 is 10.0 Å². The molecule has 114 valence electrons. The fourth-order valence-electron chi connectivity index (χ4n) is 1.82. The summed E-state index contributed by atoms with van der Waals surface area (Å²) >= 11 is 1.54. The fraction of sp³-hybridized carbons (Fsp3) is 0.385. The molecule has 0 aliphatic rings. The molecule has 0 saturated heterocycles. The molecule has 2 aromatic heterocycles. The topological polar surface area (TPSA) is 75.2 Å². The van der Waals surface area contributed by atoms with Crippen molar-refractivity contribution in [3.8, 4) is 0 Å². The molecule has 2 heterocycles. The summed E-state index contributed by atoms with van der Waals surface area (Å²) in [5.41, 5.74) is 0. The summed E-state index contributed by atoms with van der Waals surface area (Å²) in [5, 5.41) is 4.70. The van der Waals surface area contributed by atoms with E-state index in [-0.39, 0.29) is 10.9 Å². The molecule has 0 aromatic carbocycles. The van der Waals surface area contributed by atoms with Gasteiger partial charge in [-0.05, 0) is 25.3 Å². The Balaban J connectivity index is 2.32. The first-order valence-electron chi connectivity index (χ1n) is 6.49. The lowest BCUT2D eigenvalue weighted by atomic mass is 10.4. The van der Waals surface area contributed by atoms with Crippen LogP contribution in [0, 0.1) is 0 Å². The summed E-state index contributed by atoms with van der Waals surface area (Å²) in [6.07, 6.45) is 2.66. The summed E-state index contributed by atoms with van der Waals surface area (Å²) in [4.78, 5) is 9.06. The van der Waals surface area contributed by atoms with E-state index >= 15 is 0 Å². The third kappa shape index (κ3) is 3.58. The number of aromatic nitrogens is 2. The third-order valence-electron chi connectivity index (χ3n) is 2.93. The highest BCUT2D eigenvalue weighted by molar-refractivity contribution is 7.89. The van der Waals surface area contributed by atoms with Gasteiger partial charge in [0.1, 0.15) is 4.90 Å². The zero-order valence-electron chi connectivity index (χ0n) is 12.1. The third-order valence-corrected chi connectivity index (χ3v) is 5.76. The van der Waals surface area contributed by atoms with Gasteiger partial charge in [0.15, 0.2) is 0 Å². The molecular weight excluding hydrogens is 308 g/mol. The molecule has 1 N–H and O–H groups in total. The molecule has 0 spiro atoms. The Morgan fingerprint density at radius 3 is 2.48 bits per heavy atom. The summed E-state index contributed by atoms with van der Waals surface area (Å²) in [6, 6.07) is 3.69. The van der Waals surface area contributed by atoms with Crippen LogP contribution in [0.25, 0.3) is 0 Å². The molecule has 0 aliphatic carbocycles. The van der Waals surface area contributed by atoms with Gasteiger partial charge in [-0.15, -0.1) is 11.3 Å². The van der Waals surface area contributed by atoms with Crippen molar-refractivity contribution in [1.82, 2.24) is 14.3 Å². The molecule has 0 fully saturated rings. The highest BCUT2D eigenvalue weighted by Crippen LogP contribution is 2.22. The van der Waals surface area contributed by atoms with E-state index in [1.807, 2.05) is 31.4 Å². The summed E-state index contributed by atoms with van der Waals surface area (Å²) < 4.78 is 26.9. The first kappa shape index (κ1) is 15.9. The van der Waals surface area contributed by atoms with Gasteiger partial charge in [0.05, 0.1) is 12.4 Å². The van der Waals surface area contributed by atoms with Gasteiger partial charge < -0.3 is 5.32 Å². The van der Waals surface area contributed by atoms with E-state index in [1.165, 1.54) is 28.0 Å². The molecular formula is C13H18N4O2S2. The Morgan fingerprint density at radius 2 is 2.00 bits per heavy atom.